The van der Waals surface area contributed by atoms with Gasteiger partial charge in [-0.15, -0.1) is 0 Å². The van der Waals surface area contributed by atoms with Gasteiger partial charge in [-0.25, -0.2) is 0 Å². The number of hydrogen-bond donors (Lipinski definition) is 1. The van der Waals surface area contributed by atoms with Crippen molar-refractivity contribution in [3.63, 3.8) is 0 Å². The largest absolute Gasteiger partial charge is 0.317 e. The third-order valence-corrected chi connectivity index (χ3v) is 5.41. The molecule has 0 radical (unpaired) electrons. The molecule has 2 aliphatic rings. The summed E-state index contributed by atoms with van der Waals surface area (Å²) in [6.07, 6.45) is 8.48. The molecule has 0 bridgehead atoms. The van der Waals surface area contributed by atoms with Gasteiger partial charge in [-0.3, -0.25) is 0 Å². The van der Waals surface area contributed by atoms with Crippen LogP contribution in [0.3, 0.4) is 0 Å². The molecule has 1 saturated carbocycles. The molecule has 1 saturated heterocycles. The molecular weight excluding hydrogens is 232 g/mol. The lowest BCUT2D eigenvalue weighted by molar-refractivity contribution is 0.0453. The molecule has 0 spiro atoms. The lowest BCUT2D eigenvalue weighted by Crippen LogP contribution is -2.47. The van der Waals surface area contributed by atoms with E-state index in [1.165, 1.54) is 58.2 Å². The van der Waals surface area contributed by atoms with Gasteiger partial charge in [-0.1, -0.05) is 33.6 Å². The van der Waals surface area contributed by atoms with Gasteiger partial charge in [0.05, 0.1) is 0 Å². The zero-order valence-corrected chi connectivity index (χ0v) is 13.5. The molecule has 1 aliphatic heterocycles. The first-order valence-corrected chi connectivity index (χ1v) is 8.39. The summed E-state index contributed by atoms with van der Waals surface area (Å²) in [6.45, 7) is 11.1. The SMILES string of the molecule is CN(CC1CCNCC1)C1CCCCC1C(C)(C)C. The summed E-state index contributed by atoms with van der Waals surface area (Å²) in [5, 5.41) is 3.48. The Bertz CT molecular complexity index is 263. The number of piperidine rings is 1. The van der Waals surface area contributed by atoms with Crippen LogP contribution in [0.1, 0.15) is 59.3 Å². The molecule has 2 nitrogen and oxygen atoms in total. The molecule has 2 unspecified atom stereocenters. The second-order valence-electron chi connectivity index (χ2n) is 7.96. The second-order valence-corrected chi connectivity index (χ2v) is 7.96. The van der Waals surface area contributed by atoms with Crippen molar-refractivity contribution in [3.8, 4) is 0 Å². The van der Waals surface area contributed by atoms with Crippen molar-refractivity contribution in [3.05, 3.63) is 0 Å². The standard InChI is InChI=1S/C17H34N2/c1-17(2,3)15-7-5-6-8-16(15)19(4)13-14-9-11-18-12-10-14/h14-16,18H,5-13H2,1-4H3. The Hall–Kier alpha value is -0.0800. The van der Waals surface area contributed by atoms with E-state index in [2.05, 4.69) is 38.0 Å². The lowest BCUT2D eigenvalue weighted by Gasteiger charge is -2.45. The molecule has 2 fully saturated rings. The smallest absolute Gasteiger partial charge is 0.0126 e. The van der Waals surface area contributed by atoms with Gasteiger partial charge in [0.2, 0.25) is 0 Å². The van der Waals surface area contributed by atoms with Crippen molar-refractivity contribution in [2.75, 3.05) is 26.7 Å². The molecule has 0 aromatic carbocycles. The van der Waals surface area contributed by atoms with Crippen LogP contribution in [0.4, 0.5) is 0 Å². The molecule has 0 aromatic rings. The predicted molar refractivity (Wildman–Crippen MR) is 83.4 cm³/mol. The van der Waals surface area contributed by atoms with E-state index in [1.807, 2.05) is 0 Å². The fourth-order valence-corrected chi connectivity index (χ4v) is 4.26. The minimum absolute atomic E-state index is 0.466. The zero-order valence-electron chi connectivity index (χ0n) is 13.5. The summed E-state index contributed by atoms with van der Waals surface area (Å²) in [5.74, 6) is 1.81. The summed E-state index contributed by atoms with van der Waals surface area (Å²) < 4.78 is 0. The van der Waals surface area contributed by atoms with Crippen LogP contribution in [0.2, 0.25) is 0 Å². The van der Waals surface area contributed by atoms with E-state index in [0.29, 0.717) is 5.41 Å². The van der Waals surface area contributed by atoms with E-state index < -0.39 is 0 Å². The van der Waals surface area contributed by atoms with Crippen molar-refractivity contribution in [1.82, 2.24) is 10.2 Å². The molecule has 2 heteroatoms. The van der Waals surface area contributed by atoms with E-state index >= 15 is 0 Å². The van der Waals surface area contributed by atoms with E-state index in [1.54, 1.807) is 0 Å². The first-order valence-electron chi connectivity index (χ1n) is 8.39. The molecule has 1 heterocycles. The highest BCUT2D eigenvalue weighted by atomic mass is 15.1. The fraction of sp³-hybridized carbons (Fsp3) is 1.00. The highest BCUT2D eigenvalue weighted by molar-refractivity contribution is 4.89. The van der Waals surface area contributed by atoms with Gasteiger partial charge in [-0.2, -0.15) is 0 Å². The maximum atomic E-state index is 3.48. The van der Waals surface area contributed by atoms with E-state index in [9.17, 15) is 0 Å². The van der Waals surface area contributed by atoms with Crippen molar-refractivity contribution >= 4 is 0 Å². The van der Waals surface area contributed by atoms with Crippen LogP contribution < -0.4 is 5.32 Å². The van der Waals surface area contributed by atoms with Crippen molar-refractivity contribution in [2.45, 2.75) is 65.3 Å². The van der Waals surface area contributed by atoms with Gasteiger partial charge in [0.15, 0.2) is 0 Å². The topological polar surface area (TPSA) is 15.3 Å². The molecule has 2 atom stereocenters. The van der Waals surface area contributed by atoms with Crippen molar-refractivity contribution in [1.29, 1.82) is 0 Å². The van der Waals surface area contributed by atoms with E-state index in [-0.39, 0.29) is 0 Å². The molecule has 112 valence electrons. The van der Waals surface area contributed by atoms with Gasteiger partial charge < -0.3 is 10.2 Å². The van der Waals surface area contributed by atoms with Gasteiger partial charge in [-0.05, 0) is 63.1 Å². The van der Waals surface area contributed by atoms with Crippen molar-refractivity contribution in [2.24, 2.45) is 17.3 Å². The highest BCUT2D eigenvalue weighted by Gasteiger charge is 2.36. The summed E-state index contributed by atoms with van der Waals surface area (Å²) in [7, 11) is 2.39. The molecule has 19 heavy (non-hydrogen) atoms. The highest BCUT2D eigenvalue weighted by Crippen LogP contribution is 2.40. The molecular formula is C17H34N2. The monoisotopic (exact) mass is 266 g/mol. The Morgan fingerprint density at radius 3 is 2.26 bits per heavy atom. The molecule has 1 N–H and O–H groups in total. The Balaban J connectivity index is 1.92. The number of hydrogen-bond acceptors (Lipinski definition) is 2. The maximum absolute atomic E-state index is 3.48. The lowest BCUT2D eigenvalue weighted by atomic mass is 9.69. The first-order chi connectivity index (χ1) is 8.98. The summed E-state index contributed by atoms with van der Waals surface area (Å²) in [5.41, 5.74) is 0.466. The molecule has 0 aromatic heterocycles. The minimum Gasteiger partial charge on any atom is -0.317 e. The Morgan fingerprint density at radius 1 is 1.00 bits per heavy atom. The van der Waals surface area contributed by atoms with Crippen LogP contribution in [0.5, 0.6) is 0 Å². The molecule has 2 rings (SSSR count). The van der Waals surface area contributed by atoms with Gasteiger partial charge in [0.25, 0.3) is 0 Å². The van der Waals surface area contributed by atoms with E-state index in [0.717, 1.165) is 17.9 Å². The summed E-state index contributed by atoms with van der Waals surface area (Å²) in [6, 6.07) is 0.823. The Morgan fingerprint density at radius 2 is 1.63 bits per heavy atom. The average molecular weight is 266 g/mol. The summed E-state index contributed by atoms with van der Waals surface area (Å²) >= 11 is 0. The predicted octanol–water partition coefficient (Wildman–Crippen LogP) is 3.52. The van der Waals surface area contributed by atoms with Crippen LogP contribution in [0.25, 0.3) is 0 Å². The van der Waals surface area contributed by atoms with Gasteiger partial charge in [0.1, 0.15) is 0 Å². The van der Waals surface area contributed by atoms with Crippen LogP contribution >= 0.6 is 0 Å². The van der Waals surface area contributed by atoms with Crippen LogP contribution in [-0.2, 0) is 0 Å². The quantitative estimate of drug-likeness (QED) is 0.841. The number of nitrogens with zero attached hydrogens (tertiary/aromatic N) is 1. The zero-order chi connectivity index (χ0) is 13.9. The van der Waals surface area contributed by atoms with E-state index in [4.69, 9.17) is 0 Å². The van der Waals surface area contributed by atoms with Gasteiger partial charge >= 0.3 is 0 Å². The third-order valence-electron chi connectivity index (χ3n) is 5.41. The minimum atomic E-state index is 0.466. The number of nitrogens with one attached hydrogen (secondary N) is 1. The number of rotatable bonds is 3. The molecule has 1 aliphatic carbocycles. The Kier molecular flexibility index (Phi) is 5.30. The first kappa shape index (κ1) is 15.3. The molecule has 0 amide bonds. The third kappa shape index (κ3) is 4.19. The normalized spacial score (nSPS) is 30.8. The van der Waals surface area contributed by atoms with Crippen LogP contribution in [0.15, 0.2) is 0 Å². The van der Waals surface area contributed by atoms with Gasteiger partial charge in [0, 0.05) is 12.6 Å². The fourth-order valence-electron chi connectivity index (χ4n) is 4.26. The average Bonchev–Trinajstić information content (AvgIpc) is 2.39. The maximum Gasteiger partial charge on any atom is 0.0126 e. The van der Waals surface area contributed by atoms with Crippen LogP contribution in [-0.4, -0.2) is 37.6 Å². The second kappa shape index (κ2) is 6.58. The Labute approximate surface area is 120 Å². The summed E-state index contributed by atoms with van der Waals surface area (Å²) in [4.78, 5) is 2.71. The van der Waals surface area contributed by atoms with Crippen LogP contribution in [0, 0.1) is 17.3 Å². The van der Waals surface area contributed by atoms with Crippen molar-refractivity contribution < 1.29 is 0 Å².